The number of amides is 1. The number of para-hydroxylation sites is 1. The molecule has 0 spiro atoms. The van der Waals surface area contributed by atoms with Crippen LogP contribution >= 0.6 is 0 Å². The van der Waals surface area contributed by atoms with E-state index in [1.165, 1.54) is 6.07 Å². The highest BCUT2D eigenvalue weighted by Gasteiger charge is 2.28. The van der Waals surface area contributed by atoms with Crippen LogP contribution < -0.4 is 10.2 Å². The molecule has 0 unspecified atom stereocenters. The number of nitrogens with one attached hydrogen (secondary N) is 1. The lowest BCUT2D eigenvalue weighted by atomic mass is 10.0. The number of likely N-dealkylation sites (tertiary alicyclic amines) is 1. The molecule has 0 atom stereocenters. The van der Waals surface area contributed by atoms with E-state index in [9.17, 15) is 9.18 Å². The van der Waals surface area contributed by atoms with Gasteiger partial charge in [0.05, 0.1) is 11.2 Å². The van der Waals surface area contributed by atoms with Gasteiger partial charge >= 0.3 is 6.03 Å². The van der Waals surface area contributed by atoms with Crippen molar-refractivity contribution in [2.24, 2.45) is 0 Å². The molecule has 0 radical (unpaired) electrons. The van der Waals surface area contributed by atoms with Crippen molar-refractivity contribution in [2.75, 3.05) is 30.4 Å². The first-order valence-corrected chi connectivity index (χ1v) is 10.8. The second kappa shape index (κ2) is 8.21. The predicted octanol–water partition coefficient (Wildman–Crippen LogP) is 4.95. The fourth-order valence-electron chi connectivity index (χ4n) is 4.22. The fraction of sp³-hybridized carbons (Fsp3) is 0.417. The lowest BCUT2D eigenvalue weighted by Gasteiger charge is -2.38. The molecule has 0 bridgehead atoms. The molecule has 1 aliphatic rings. The van der Waals surface area contributed by atoms with Gasteiger partial charge in [-0.1, -0.05) is 18.2 Å². The second-order valence-corrected chi connectivity index (χ2v) is 9.24. The minimum Gasteiger partial charge on any atom is -0.377 e. The van der Waals surface area contributed by atoms with Crippen molar-refractivity contribution >= 4 is 28.4 Å². The van der Waals surface area contributed by atoms with Gasteiger partial charge in [0.2, 0.25) is 5.95 Å². The van der Waals surface area contributed by atoms with Crippen LogP contribution in [-0.4, -0.2) is 52.2 Å². The van der Waals surface area contributed by atoms with Crippen molar-refractivity contribution in [3.05, 3.63) is 54.6 Å². The van der Waals surface area contributed by atoms with Crippen molar-refractivity contribution < 1.29 is 9.18 Å². The molecule has 6 nitrogen and oxygen atoms in total. The van der Waals surface area contributed by atoms with Crippen molar-refractivity contribution in [1.29, 1.82) is 0 Å². The average Bonchev–Trinajstić information content (AvgIpc) is 3.17. The maximum atomic E-state index is 13.9. The standard InChI is InChI=1S/C24H30FN5O/c1-24(2,3)27-19-9-10-21(25)26-22(19)28(4)18-12-14-29(15-13-18)23(31)30-16-11-17-7-5-6-8-20(17)30/h5-11,16,18,27H,12-15H2,1-4H3. The molecule has 1 N–H and O–H groups in total. The Bertz CT molecular complexity index is 1080. The molecule has 1 aromatic carbocycles. The van der Waals surface area contributed by atoms with Gasteiger partial charge in [-0.2, -0.15) is 4.39 Å². The molecule has 0 aliphatic carbocycles. The molecular formula is C24H30FN5O. The largest absolute Gasteiger partial charge is 0.377 e. The zero-order chi connectivity index (χ0) is 22.2. The summed E-state index contributed by atoms with van der Waals surface area (Å²) in [5.41, 5.74) is 1.58. The zero-order valence-electron chi connectivity index (χ0n) is 18.6. The highest BCUT2D eigenvalue weighted by molar-refractivity contribution is 5.91. The molecule has 4 rings (SSSR count). The number of fused-ring (bicyclic) bond motifs is 1. The van der Waals surface area contributed by atoms with Gasteiger partial charge < -0.3 is 15.1 Å². The lowest BCUT2D eigenvalue weighted by Crippen LogP contribution is -2.47. The van der Waals surface area contributed by atoms with E-state index >= 15 is 0 Å². The second-order valence-electron chi connectivity index (χ2n) is 9.24. The van der Waals surface area contributed by atoms with Gasteiger partial charge in [0.15, 0.2) is 5.82 Å². The van der Waals surface area contributed by atoms with Gasteiger partial charge in [-0.3, -0.25) is 4.57 Å². The van der Waals surface area contributed by atoms with Gasteiger partial charge in [0.1, 0.15) is 0 Å². The van der Waals surface area contributed by atoms with Crippen LogP contribution in [-0.2, 0) is 0 Å². The van der Waals surface area contributed by atoms with E-state index in [0.717, 1.165) is 29.4 Å². The Balaban J connectivity index is 1.46. The van der Waals surface area contributed by atoms with Crippen molar-refractivity contribution in [2.45, 2.75) is 45.2 Å². The van der Waals surface area contributed by atoms with Crippen LogP contribution in [0.1, 0.15) is 33.6 Å². The fourth-order valence-corrected chi connectivity index (χ4v) is 4.22. The summed E-state index contributed by atoms with van der Waals surface area (Å²) in [4.78, 5) is 21.2. The van der Waals surface area contributed by atoms with Gasteiger partial charge in [-0.25, -0.2) is 9.78 Å². The van der Waals surface area contributed by atoms with Crippen LogP contribution in [0.4, 0.5) is 20.7 Å². The van der Waals surface area contributed by atoms with E-state index < -0.39 is 5.95 Å². The number of hydrogen-bond donors (Lipinski definition) is 1. The number of hydrogen-bond acceptors (Lipinski definition) is 4. The third-order valence-corrected chi connectivity index (χ3v) is 5.77. The first-order valence-electron chi connectivity index (χ1n) is 10.8. The van der Waals surface area contributed by atoms with Crippen LogP contribution in [0, 0.1) is 5.95 Å². The van der Waals surface area contributed by atoms with Crippen LogP contribution in [0.3, 0.4) is 0 Å². The third kappa shape index (κ3) is 4.50. The molecule has 1 amide bonds. The summed E-state index contributed by atoms with van der Waals surface area (Å²) in [5, 5.41) is 4.48. The molecule has 3 aromatic rings. The number of carbonyl (C=O) groups is 1. The summed E-state index contributed by atoms with van der Waals surface area (Å²) in [5.74, 6) is 0.115. The normalized spacial score (nSPS) is 15.3. The number of rotatable bonds is 3. The van der Waals surface area contributed by atoms with Crippen molar-refractivity contribution in [3.63, 3.8) is 0 Å². The number of aromatic nitrogens is 2. The summed E-state index contributed by atoms with van der Waals surface area (Å²) in [6.07, 6.45) is 3.44. The molecule has 3 heterocycles. The Hall–Kier alpha value is -3.09. The highest BCUT2D eigenvalue weighted by Crippen LogP contribution is 2.30. The van der Waals surface area contributed by atoms with Crippen molar-refractivity contribution in [3.8, 4) is 0 Å². The Labute approximate surface area is 182 Å². The summed E-state index contributed by atoms with van der Waals surface area (Å²) >= 11 is 0. The molecule has 31 heavy (non-hydrogen) atoms. The monoisotopic (exact) mass is 423 g/mol. The highest BCUT2D eigenvalue weighted by atomic mass is 19.1. The maximum absolute atomic E-state index is 13.9. The van der Waals surface area contributed by atoms with E-state index in [-0.39, 0.29) is 17.6 Å². The minimum atomic E-state index is -0.492. The first-order chi connectivity index (χ1) is 14.7. The predicted molar refractivity (Wildman–Crippen MR) is 123 cm³/mol. The van der Waals surface area contributed by atoms with E-state index in [1.54, 1.807) is 10.6 Å². The Morgan fingerprint density at radius 3 is 2.55 bits per heavy atom. The zero-order valence-corrected chi connectivity index (χ0v) is 18.6. The molecule has 164 valence electrons. The summed E-state index contributed by atoms with van der Waals surface area (Å²) in [6.45, 7) is 7.49. The number of carbonyl (C=O) groups excluding carboxylic acids is 1. The molecular weight excluding hydrogens is 393 g/mol. The third-order valence-electron chi connectivity index (χ3n) is 5.77. The number of anilines is 2. The molecule has 2 aromatic heterocycles. The number of piperidine rings is 1. The summed E-state index contributed by atoms with van der Waals surface area (Å²) in [6, 6.07) is 13.2. The number of halogens is 1. The number of nitrogens with zero attached hydrogens (tertiary/aromatic N) is 4. The van der Waals surface area contributed by atoms with Crippen LogP contribution in [0.2, 0.25) is 0 Å². The smallest absolute Gasteiger partial charge is 0.328 e. The Morgan fingerprint density at radius 2 is 1.84 bits per heavy atom. The molecule has 1 saturated heterocycles. The molecule has 1 aliphatic heterocycles. The number of benzene rings is 1. The minimum absolute atomic E-state index is 0.00118. The lowest BCUT2D eigenvalue weighted by molar-refractivity contribution is 0.183. The van der Waals surface area contributed by atoms with Gasteiger partial charge in [0.25, 0.3) is 0 Å². The van der Waals surface area contributed by atoms with E-state index in [2.05, 4.69) is 31.1 Å². The maximum Gasteiger partial charge on any atom is 0.328 e. The van der Waals surface area contributed by atoms with E-state index in [1.807, 2.05) is 53.4 Å². The van der Waals surface area contributed by atoms with Gasteiger partial charge in [0, 0.05) is 43.3 Å². The summed E-state index contributed by atoms with van der Waals surface area (Å²) in [7, 11) is 1.96. The van der Waals surface area contributed by atoms with E-state index in [0.29, 0.717) is 18.9 Å². The van der Waals surface area contributed by atoms with Gasteiger partial charge in [-0.15, -0.1) is 0 Å². The first kappa shape index (κ1) is 21.2. The number of pyridine rings is 1. The topological polar surface area (TPSA) is 53.4 Å². The average molecular weight is 424 g/mol. The molecule has 7 heteroatoms. The van der Waals surface area contributed by atoms with Crippen molar-refractivity contribution in [1.82, 2.24) is 14.5 Å². The Morgan fingerprint density at radius 1 is 1.13 bits per heavy atom. The Kier molecular flexibility index (Phi) is 5.60. The molecule has 1 fully saturated rings. The van der Waals surface area contributed by atoms with Crippen LogP contribution in [0.25, 0.3) is 10.9 Å². The SMILES string of the molecule is CN(c1nc(F)ccc1NC(C)(C)C)C1CCN(C(=O)n2ccc3ccccc32)CC1. The quantitative estimate of drug-likeness (QED) is 0.606. The van der Waals surface area contributed by atoms with Crippen LogP contribution in [0.5, 0.6) is 0 Å². The van der Waals surface area contributed by atoms with Crippen LogP contribution in [0.15, 0.2) is 48.7 Å². The van der Waals surface area contributed by atoms with Gasteiger partial charge in [-0.05, 0) is 57.9 Å². The van der Waals surface area contributed by atoms with E-state index in [4.69, 9.17) is 0 Å². The molecule has 0 saturated carbocycles. The summed E-state index contributed by atoms with van der Waals surface area (Å²) < 4.78 is 15.7.